The van der Waals surface area contributed by atoms with Crippen molar-refractivity contribution in [1.29, 1.82) is 0 Å². The van der Waals surface area contributed by atoms with Gasteiger partial charge in [-0.05, 0) is 81.3 Å². The summed E-state index contributed by atoms with van der Waals surface area (Å²) in [6.45, 7) is 5.76. The molecule has 2 aromatic carbocycles. The first-order chi connectivity index (χ1) is 13.8. The van der Waals surface area contributed by atoms with Crippen LogP contribution in [0.15, 0.2) is 46.1 Å². The number of nitrogens with one attached hydrogen (secondary N) is 1. The minimum absolute atomic E-state index is 0.0286. The van der Waals surface area contributed by atoms with Gasteiger partial charge in [0.2, 0.25) is 10.0 Å². The number of thiazole rings is 1. The fraction of sp³-hybridized carbons (Fsp3) is 0.409. The summed E-state index contributed by atoms with van der Waals surface area (Å²) in [5.41, 5.74) is 4.47. The molecule has 0 bridgehead atoms. The van der Waals surface area contributed by atoms with Crippen LogP contribution in [0.2, 0.25) is 0 Å². The third kappa shape index (κ3) is 3.91. The van der Waals surface area contributed by atoms with Gasteiger partial charge >= 0.3 is 4.87 Å². The standard InChI is InChI=1S/C22H26N2O3S2/c1-14(2)24-20-11-10-19(13-21(20)28-22(24)25)29(26,27)23-15(3)17-9-8-16-6-4-5-7-18(16)12-17/h8-15,23H,4-7H2,1-3H3/t15-/m1/s1. The summed E-state index contributed by atoms with van der Waals surface area (Å²) in [7, 11) is -3.70. The Labute approximate surface area is 175 Å². The number of hydrogen-bond acceptors (Lipinski definition) is 4. The maximum Gasteiger partial charge on any atom is 0.308 e. The molecule has 0 amide bonds. The van der Waals surface area contributed by atoms with Gasteiger partial charge in [0.1, 0.15) is 0 Å². The number of fused-ring (bicyclic) bond motifs is 2. The van der Waals surface area contributed by atoms with Crippen molar-refractivity contribution in [3.8, 4) is 0 Å². The summed E-state index contributed by atoms with van der Waals surface area (Å²) in [6.07, 6.45) is 4.58. The molecule has 1 aliphatic carbocycles. The molecule has 7 heteroatoms. The molecule has 1 N–H and O–H groups in total. The quantitative estimate of drug-likeness (QED) is 0.645. The molecule has 1 heterocycles. The van der Waals surface area contributed by atoms with Crippen LogP contribution in [-0.2, 0) is 22.9 Å². The van der Waals surface area contributed by atoms with Crippen LogP contribution in [-0.4, -0.2) is 13.0 Å². The van der Waals surface area contributed by atoms with E-state index < -0.39 is 10.0 Å². The highest BCUT2D eigenvalue weighted by atomic mass is 32.2. The van der Waals surface area contributed by atoms with E-state index in [2.05, 4.69) is 16.9 Å². The molecule has 3 aromatic rings. The average Bonchev–Trinajstić information content (AvgIpc) is 3.02. The molecule has 5 nitrogen and oxygen atoms in total. The van der Waals surface area contributed by atoms with E-state index in [9.17, 15) is 13.2 Å². The Bertz CT molecular complexity index is 1220. The number of sulfonamides is 1. The lowest BCUT2D eigenvalue weighted by molar-refractivity contribution is 0.566. The zero-order valence-electron chi connectivity index (χ0n) is 16.9. The lowest BCUT2D eigenvalue weighted by Crippen LogP contribution is -2.27. The van der Waals surface area contributed by atoms with Gasteiger partial charge in [0, 0.05) is 12.1 Å². The fourth-order valence-corrected chi connectivity index (χ4v) is 6.45. The van der Waals surface area contributed by atoms with Crippen molar-refractivity contribution >= 4 is 31.6 Å². The fourth-order valence-electron chi connectivity index (χ4n) is 4.06. The molecule has 29 heavy (non-hydrogen) atoms. The van der Waals surface area contributed by atoms with E-state index >= 15 is 0 Å². The van der Waals surface area contributed by atoms with Crippen molar-refractivity contribution in [2.24, 2.45) is 0 Å². The zero-order valence-corrected chi connectivity index (χ0v) is 18.6. The number of aromatic nitrogens is 1. The zero-order chi connectivity index (χ0) is 20.8. The monoisotopic (exact) mass is 430 g/mol. The Hall–Kier alpha value is -1.96. The Morgan fingerprint density at radius 1 is 1.00 bits per heavy atom. The summed E-state index contributed by atoms with van der Waals surface area (Å²) >= 11 is 1.08. The molecule has 0 radical (unpaired) electrons. The summed E-state index contributed by atoms with van der Waals surface area (Å²) in [5, 5.41) is 0. The summed E-state index contributed by atoms with van der Waals surface area (Å²) < 4.78 is 31.1. The number of hydrogen-bond donors (Lipinski definition) is 1. The van der Waals surface area contributed by atoms with Crippen LogP contribution in [0, 0.1) is 0 Å². The maximum absolute atomic E-state index is 13.0. The Balaban J connectivity index is 1.62. The minimum Gasteiger partial charge on any atom is -0.296 e. The lowest BCUT2D eigenvalue weighted by atomic mass is 9.89. The van der Waals surface area contributed by atoms with Crippen LogP contribution in [0.4, 0.5) is 0 Å². The molecule has 0 fully saturated rings. The minimum atomic E-state index is -3.70. The molecular formula is C22H26N2O3S2. The average molecular weight is 431 g/mol. The van der Waals surface area contributed by atoms with E-state index in [1.54, 1.807) is 22.8 Å². The molecular weight excluding hydrogens is 404 g/mol. The summed E-state index contributed by atoms with van der Waals surface area (Å²) in [5.74, 6) is 0. The van der Waals surface area contributed by atoms with E-state index in [4.69, 9.17) is 0 Å². The molecule has 0 aliphatic heterocycles. The Kier molecular flexibility index (Phi) is 5.40. The van der Waals surface area contributed by atoms with Gasteiger partial charge < -0.3 is 0 Å². The van der Waals surface area contributed by atoms with Gasteiger partial charge in [0.15, 0.2) is 0 Å². The Morgan fingerprint density at radius 2 is 1.72 bits per heavy atom. The second-order valence-electron chi connectivity index (χ2n) is 8.04. The van der Waals surface area contributed by atoms with Crippen LogP contribution < -0.4 is 9.60 Å². The highest BCUT2D eigenvalue weighted by Gasteiger charge is 2.21. The summed E-state index contributed by atoms with van der Waals surface area (Å²) in [6, 6.07) is 10.9. The van der Waals surface area contributed by atoms with Crippen LogP contribution in [0.3, 0.4) is 0 Å². The van der Waals surface area contributed by atoms with Crippen LogP contribution >= 0.6 is 11.3 Å². The van der Waals surface area contributed by atoms with Crippen LogP contribution in [0.5, 0.6) is 0 Å². The number of aryl methyl sites for hydroxylation is 2. The lowest BCUT2D eigenvalue weighted by Gasteiger charge is -2.20. The maximum atomic E-state index is 13.0. The van der Waals surface area contributed by atoms with Gasteiger partial charge in [0.05, 0.1) is 15.1 Å². The van der Waals surface area contributed by atoms with E-state index in [-0.39, 0.29) is 21.9 Å². The number of benzene rings is 2. The van der Waals surface area contributed by atoms with Crippen molar-refractivity contribution in [2.75, 3.05) is 0 Å². The number of nitrogens with zero attached hydrogens (tertiary/aromatic N) is 1. The van der Waals surface area contributed by atoms with Crippen molar-refractivity contribution in [1.82, 2.24) is 9.29 Å². The van der Waals surface area contributed by atoms with E-state index in [1.165, 1.54) is 24.0 Å². The third-order valence-corrected chi connectivity index (χ3v) is 8.07. The van der Waals surface area contributed by atoms with Gasteiger partial charge in [-0.2, -0.15) is 0 Å². The second-order valence-corrected chi connectivity index (χ2v) is 10.7. The predicted molar refractivity (Wildman–Crippen MR) is 118 cm³/mol. The highest BCUT2D eigenvalue weighted by molar-refractivity contribution is 7.89. The highest BCUT2D eigenvalue weighted by Crippen LogP contribution is 2.27. The van der Waals surface area contributed by atoms with Gasteiger partial charge in [-0.1, -0.05) is 29.5 Å². The number of rotatable bonds is 5. The van der Waals surface area contributed by atoms with Crippen molar-refractivity contribution in [3.63, 3.8) is 0 Å². The van der Waals surface area contributed by atoms with Gasteiger partial charge in [0.25, 0.3) is 0 Å². The van der Waals surface area contributed by atoms with Crippen LogP contribution in [0.1, 0.15) is 62.4 Å². The van der Waals surface area contributed by atoms with Crippen molar-refractivity contribution in [3.05, 3.63) is 62.8 Å². The topological polar surface area (TPSA) is 68.2 Å². The van der Waals surface area contributed by atoms with Crippen molar-refractivity contribution in [2.45, 2.75) is 63.4 Å². The van der Waals surface area contributed by atoms with Gasteiger partial charge in [-0.3, -0.25) is 9.36 Å². The van der Waals surface area contributed by atoms with E-state index in [1.807, 2.05) is 26.8 Å². The molecule has 0 unspecified atom stereocenters. The van der Waals surface area contributed by atoms with E-state index in [0.29, 0.717) is 4.70 Å². The summed E-state index contributed by atoms with van der Waals surface area (Å²) in [4.78, 5) is 12.4. The molecule has 1 atom stereocenters. The Morgan fingerprint density at radius 3 is 2.45 bits per heavy atom. The van der Waals surface area contributed by atoms with Crippen LogP contribution in [0.25, 0.3) is 10.2 Å². The third-order valence-electron chi connectivity index (χ3n) is 5.62. The smallest absolute Gasteiger partial charge is 0.296 e. The largest absolute Gasteiger partial charge is 0.308 e. The predicted octanol–water partition coefficient (Wildman–Crippen LogP) is 4.56. The van der Waals surface area contributed by atoms with Crippen molar-refractivity contribution < 1.29 is 8.42 Å². The molecule has 0 saturated heterocycles. The van der Waals surface area contributed by atoms with Gasteiger partial charge in [-0.25, -0.2) is 13.1 Å². The first kappa shape index (κ1) is 20.3. The molecule has 154 valence electrons. The molecule has 0 spiro atoms. The molecule has 1 aromatic heterocycles. The first-order valence-corrected chi connectivity index (χ1v) is 12.4. The molecule has 4 rings (SSSR count). The van der Waals surface area contributed by atoms with E-state index in [0.717, 1.165) is 35.3 Å². The molecule has 0 saturated carbocycles. The SMILES string of the molecule is CC(C)n1c(=O)sc2cc(S(=O)(=O)N[C@H](C)c3ccc4c(c3)CCCC4)ccc21. The first-order valence-electron chi connectivity index (χ1n) is 10.1. The molecule has 1 aliphatic rings. The van der Waals surface area contributed by atoms with Gasteiger partial charge in [-0.15, -0.1) is 0 Å². The second kappa shape index (κ2) is 7.70. The normalized spacial score (nSPS) is 15.6.